The maximum atomic E-state index is 11.9. The second kappa shape index (κ2) is 6.75. The number of ether oxygens (including phenoxy) is 1. The lowest BCUT2D eigenvalue weighted by atomic mass is 9.94. The standard InChI is InChI=1S/C13H24N2O4/c1-13(2)9-10(6-8-19-13)14-12(18)15(3)7-4-5-11(16)17/h10H,4-9H2,1-3H3,(H,14,18)(H,16,17). The van der Waals surface area contributed by atoms with E-state index < -0.39 is 5.97 Å². The topological polar surface area (TPSA) is 78.9 Å². The molecular weight excluding hydrogens is 248 g/mol. The number of urea groups is 1. The first kappa shape index (κ1) is 15.8. The fraction of sp³-hybridized carbons (Fsp3) is 0.846. The SMILES string of the molecule is CN(CCCC(=O)O)C(=O)NC1CCOC(C)(C)C1. The number of nitrogens with one attached hydrogen (secondary N) is 1. The molecule has 2 amide bonds. The molecule has 0 aromatic rings. The highest BCUT2D eigenvalue weighted by molar-refractivity contribution is 5.74. The summed E-state index contributed by atoms with van der Waals surface area (Å²) in [5.41, 5.74) is -0.196. The van der Waals surface area contributed by atoms with Crippen molar-refractivity contribution in [3.63, 3.8) is 0 Å². The van der Waals surface area contributed by atoms with E-state index in [9.17, 15) is 9.59 Å². The van der Waals surface area contributed by atoms with E-state index in [0.717, 1.165) is 12.8 Å². The largest absolute Gasteiger partial charge is 0.481 e. The highest BCUT2D eigenvalue weighted by atomic mass is 16.5. The van der Waals surface area contributed by atoms with Crippen LogP contribution in [-0.4, -0.2) is 53.8 Å². The quantitative estimate of drug-likeness (QED) is 0.794. The lowest BCUT2D eigenvalue weighted by Crippen LogP contribution is -2.49. The number of nitrogens with zero attached hydrogens (tertiary/aromatic N) is 1. The van der Waals surface area contributed by atoms with E-state index in [-0.39, 0.29) is 24.1 Å². The van der Waals surface area contributed by atoms with Crippen molar-refractivity contribution in [2.24, 2.45) is 0 Å². The molecule has 0 bridgehead atoms. The predicted molar refractivity (Wildman–Crippen MR) is 71.1 cm³/mol. The van der Waals surface area contributed by atoms with Crippen LogP contribution >= 0.6 is 0 Å². The fourth-order valence-corrected chi connectivity index (χ4v) is 2.21. The zero-order chi connectivity index (χ0) is 14.5. The molecule has 2 N–H and O–H groups in total. The van der Waals surface area contributed by atoms with Gasteiger partial charge in [-0.05, 0) is 33.1 Å². The Morgan fingerprint density at radius 2 is 2.16 bits per heavy atom. The number of carbonyl (C=O) groups is 2. The molecular formula is C13H24N2O4. The Labute approximate surface area is 114 Å². The summed E-state index contributed by atoms with van der Waals surface area (Å²) in [6.45, 7) is 5.13. The molecule has 1 fully saturated rings. The minimum absolute atomic E-state index is 0.0852. The van der Waals surface area contributed by atoms with Gasteiger partial charge in [0, 0.05) is 32.7 Å². The van der Waals surface area contributed by atoms with Gasteiger partial charge in [0.15, 0.2) is 0 Å². The summed E-state index contributed by atoms with van der Waals surface area (Å²) < 4.78 is 5.60. The van der Waals surface area contributed by atoms with Crippen LogP contribution in [0.3, 0.4) is 0 Å². The predicted octanol–water partition coefficient (Wildman–Crippen LogP) is 1.45. The van der Waals surface area contributed by atoms with Crippen LogP contribution in [0.25, 0.3) is 0 Å². The molecule has 1 unspecified atom stereocenters. The van der Waals surface area contributed by atoms with Gasteiger partial charge in [0.2, 0.25) is 0 Å². The normalized spacial score (nSPS) is 21.7. The molecule has 0 aromatic heterocycles. The number of carbonyl (C=O) groups excluding carboxylic acids is 1. The Morgan fingerprint density at radius 1 is 1.47 bits per heavy atom. The van der Waals surface area contributed by atoms with E-state index in [2.05, 4.69) is 5.32 Å². The molecule has 1 aliphatic heterocycles. The Morgan fingerprint density at radius 3 is 2.74 bits per heavy atom. The highest BCUT2D eigenvalue weighted by Gasteiger charge is 2.30. The van der Waals surface area contributed by atoms with Crippen LogP contribution in [0.15, 0.2) is 0 Å². The second-order valence-corrected chi connectivity index (χ2v) is 5.67. The van der Waals surface area contributed by atoms with Gasteiger partial charge in [0.1, 0.15) is 0 Å². The smallest absolute Gasteiger partial charge is 0.317 e. The Kier molecular flexibility index (Phi) is 5.60. The maximum Gasteiger partial charge on any atom is 0.317 e. The lowest BCUT2D eigenvalue weighted by molar-refractivity contribution is -0.137. The molecule has 6 heteroatoms. The van der Waals surface area contributed by atoms with Crippen LogP contribution in [0.2, 0.25) is 0 Å². The summed E-state index contributed by atoms with van der Waals surface area (Å²) in [7, 11) is 1.68. The van der Waals surface area contributed by atoms with E-state index in [1.807, 2.05) is 13.8 Å². The van der Waals surface area contributed by atoms with Crippen LogP contribution in [0, 0.1) is 0 Å². The third kappa shape index (κ3) is 5.92. The van der Waals surface area contributed by atoms with Crippen molar-refractivity contribution in [2.45, 2.75) is 51.2 Å². The second-order valence-electron chi connectivity index (χ2n) is 5.67. The molecule has 1 aliphatic rings. The fourth-order valence-electron chi connectivity index (χ4n) is 2.21. The van der Waals surface area contributed by atoms with Crippen molar-refractivity contribution in [1.29, 1.82) is 0 Å². The van der Waals surface area contributed by atoms with Gasteiger partial charge in [-0.1, -0.05) is 0 Å². The molecule has 1 rings (SSSR count). The van der Waals surface area contributed by atoms with Crippen molar-refractivity contribution < 1.29 is 19.4 Å². The first-order valence-corrected chi connectivity index (χ1v) is 6.67. The number of hydrogen-bond acceptors (Lipinski definition) is 3. The average molecular weight is 272 g/mol. The minimum atomic E-state index is -0.833. The van der Waals surface area contributed by atoms with E-state index >= 15 is 0 Å². The number of rotatable bonds is 5. The summed E-state index contributed by atoms with van der Waals surface area (Å²) in [6, 6.07) is -0.0220. The minimum Gasteiger partial charge on any atom is -0.481 e. The molecule has 6 nitrogen and oxygen atoms in total. The number of carboxylic acids is 1. The van der Waals surface area contributed by atoms with Crippen molar-refractivity contribution in [3.05, 3.63) is 0 Å². The van der Waals surface area contributed by atoms with Gasteiger partial charge in [0.25, 0.3) is 0 Å². The summed E-state index contributed by atoms with van der Waals surface area (Å²) >= 11 is 0. The first-order chi connectivity index (χ1) is 8.80. The van der Waals surface area contributed by atoms with Crippen LogP contribution < -0.4 is 5.32 Å². The lowest BCUT2D eigenvalue weighted by Gasteiger charge is -2.36. The molecule has 1 saturated heterocycles. The maximum absolute atomic E-state index is 11.9. The average Bonchev–Trinajstić information content (AvgIpc) is 2.26. The van der Waals surface area contributed by atoms with E-state index in [4.69, 9.17) is 9.84 Å². The molecule has 0 aliphatic carbocycles. The first-order valence-electron chi connectivity index (χ1n) is 6.67. The van der Waals surface area contributed by atoms with Crippen molar-refractivity contribution >= 4 is 12.0 Å². The van der Waals surface area contributed by atoms with Gasteiger partial charge in [-0.3, -0.25) is 4.79 Å². The van der Waals surface area contributed by atoms with Crippen molar-refractivity contribution in [1.82, 2.24) is 10.2 Å². The van der Waals surface area contributed by atoms with Crippen LogP contribution in [0.5, 0.6) is 0 Å². The monoisotopic (exact) mass is 272 g/mol. The van der Waals surface area contributed by atoms with Gasteiger partial charge in [0.05, 0.1) is 5.60 Å². The molecule has 0 aromatic carbocycles. The molecule has 0 radical (unpaired) electrons. The third-order valence-corrected chi connectivity index (χ3v) is 3.26. The number of carboxylic acid groups (broad SMARTS) is 1. The van der Waals surface area contributed by atoms with E-state index in [1.54, 1.807) is 7.05 Å². The summed E-state index contributed by atoms with van der Waals surface area (Å²) in [5, 5.41) is 11.5. The molecule has 1 atom stereocenters. The molecule has 19 heavy (non-hydrogen) atoms. The van der Waals surface area contributed by atoms with Gasteiger partial charge >= 0.3 is 12.0 Å². The van der Waals surface area contributed by atoms with Crippen molar-refractivity contribution in [2.75, 3.05) is 20.2 Å². The molecule has 1 heterocycles. The number of amides is 2. The Bertz CT molecular complexity index is 331. The molecule has 0 spiro atoms. The summed E-state index contributed by atoms with van der Waals surface area (Å²) in [6.07, 6.45) is 2.17. The number of aliphatic carboxylic acids is 1. The Hall–Kier alpha value is -1.30. The number of hydrogen-bond donors (Lipinski definition) is 2. The van der Waals surface area contributed by atoms with Gasteiger partial charge < -0.3 is 20.1 Å². The van der Waals surface area contributed by atoms with Crippen molar-refractivity contribution in [3.8, 4) is 0 Å². The van der Waals surface area contributed by atoms with Crippen LogP contribution in [-0.2, 0) is 9.53 Å². The summed E-state index contributed by atoms with van der Waals surface area (Å²) in [4.78, 5) is 23.9. The summed E-state index contributed by atoms with van der Waals surface area (Å²) in [5.74, 6) is -0.833. The van der Waals surface area contributed by atoms with Gasteiger partial charge in [-0.15, -0.1) is 0 Å². The molecule has 0 saturated carbocycles. The van der Waals surface area contributed by atoms with E-state index in [0.29, 0.717) is 19.6 Å². The van der Waals surface area contributed by atoms with Crippen LogP contribution in [0.1, 0.15) is 39.5 Å². The van der Waals surface area contributed by atoms with Gasteiger partial charge in [-0.25, -0.2) is 4.79 Å². The zero-order valence-electron chi connectivity index (χ0n) is 11.9. The van der Waals surface area contributed by atoms with Crippen LogP contribution in [0.4, 0.5) is 4.79 Å². The van der Waals surface area contributed by atoms with Gasteiger partial charge in [-0.2, -0.15) is 0 Å². The highest BCUT2D eigenvalue weighted by Crippen LogP contribution is 2.23. The Balaban J connectivity index is 2.31. The third-order valence-electron chi connectivity index (χ3n) is 3.26. The van der Waals surface area contributed by atoms with E-state index in [1.165, 1.54) is 4.90 Å². The molecule has 110 valence electrons. The zero-order valence-corrected chi connectivity index (χ0v) is 11.9.